The Morgan fingerprint density at radius 1 is 1.07 bits per heavy atom. The molecule has 4 rings (SSSR count). The summed E-state index contributed by atoms with van der Waals surface area (Å²) in [6.07, 6.45) is 1.58. The highest BCUT2D eigenvalue weighted by Gasteiger charge is 2.47. The Kier molecular flexibility index (Phi) is 4.79. The van der Waals surface area contributed by atoms with Crippen molar-refractivity contribution in [3.8, 4) is 11.5 Å². The van der Waals surface area contributed by atoms with E-state index in [1.54, 1.807) is 25.3 Å². The summed E-state index contributed by atoms with van der Waals surface area (Å²) < 4.78 is 22.0. The molecule has 0 aromatic heterocycles. The lowest BCUT2D eigenvalue weighted by Gasteiger charge is -2.39. The molecule has 1 aromatic carbocycles. The maximum Gasteiger partial charge on any atom is 0.251 e. The number of ether oxygens (including phenoxy) is 4. The van der Waals surface area contributed by atoms with Crippen LogP contribution in [0.3, 0.4) is 0 Å². The minimum Gasteiger partial charge on any atom is -0.497 e. The van der Waals surface area contributed by atoms with Crippen molar-refractivity contribution in [1.29, 1.82) is 0 Å². The molecule has 0 N–H and O–H groups in total. The van der Waals surface area contributed by atoms with E-state index >= 15 is 0 Å². The number of imide groups is 1. The smallest absolute Gasteiger partial charge is 0.251 e. The van der Waals surface area contributed by atoms with Gasteiger partial charge in [-0.3, -0.25) is 14.5 Å². The second-order valence-electron chi connectivity index (χ2n) is 6.97. The predicted molar refractivity (Wildman–Crippen MR) is 95.9 cm³/mol. The van der Waals surface area contributed by atoms with E-state index in [0.717, 1.165) is 0 Å². The third kappa shape index (κ3) is 3.18. The van der Waals surface area contributed by atoms with Gasteiger partial charge in [0.1, 0.15) is 11.5 Å². The summed E-state index contributed by atoms with van der Waals surface area (Å²) in [7, 11) is 3.06. The first kappa shape index (κ1) is 18.2. The molecule has 0 aliphatic carbocycles. The van der Waals surface area contributed by atoms with Crippen LogP contribution in [0.15, 0.2) is 18.2 Å². The predicted octanol–water partition coefficient (Wildman–Crippen LogP) is 1.17. The van der Waals surface area contributed by atoms with E-state index in [0.29, 0.717) is 56.3 Å². The van der Waals surface area contributed by atoms with Crippen molar-refractivity contribution >= 4 is 17.5 Å². The molecule has 0 unspecified atom stereocenters. The van der Waals surface area contributed by atoms with Crippen molar-refractivity contribution in [3.63, 3.8) is 0 Å². The minimum absolute atomic E-state index is 0.169. The lowest BCUT2D eigenvalue weighted by molar-refractivity contribution is -0.188. The molecule has 0 bridgehead atoms. The minimum atomic E-state index is -0.499. The Morgan fingerprint density at radius 2 is 1.78 bits per heavy atom. The zero-order valence-corrected chi connectivity index (χ0v) is 15.6. The molecule has 1 atom stereocenters. The van der Waals surface area contributed by atoms with Gasteiger partial charge in [-0.2, -0.15) is 0 Å². The maximum absolute atomic E-state index is 13.1. The molecule has 27 heavy (non-hydrogen) atoms. The maximum atomic E-state index is 13.1. The van der Waals surface area contributed by atoms with Crippen LogP contribution in [0.25, 0.3) is 0 Å². The quantitative estimate of drug-likeness (QED) is 0.730. The van der Waals surface area contributed by atoms with Crippen LogP contribution in [0.2, 0.25) is 0 Å². The van der Waals surface area contributed by atoms with E-state index in [9.17, 15) is 9.59 Å². The van der Waals surface area contributed by atoms with Crippen LogP contribution in [0, 0.1) is 0 Å². The number of carbonyl (C=O) groups is 2. The molecule has 0 saturated carbocycles. The first-order valence-corrected chi connectivity index (χ1v) is 9.18. The molecule has 3 saturated heterocycles. The number of benzene rings is 1. The molecule has 1 spiro atoms. The Labute approximate surface area is 157 Å². The fourth-order valence-corrected chi connectivity index (χ4v) is 4.09. The fourth-order valence-electron chi connectivity index (χ4n) is 4.09. The van der Waals surface area contributed by atoms with Gasteiger partial charge in [0.05, 0.1) is 45.6 Å². The van der Waals surface area contributed by atoms with E-state index in [1.165, 1.54) is 12.0 Å². The zero-order chi connectivity index (χ0) is 19.0. The first-order chi connectivity index (χ1) is 13.1. The molecule has 3 aliphatic rings. The van der Waals surface area contributed by atoms with Gasteiger partial charge in [-0.15, -0.1) is 0 Å². The first-order valence-electron chi connectivity index (χ1n) is 9.18. The van der Waals surface area contributed by atoms with E-state index in [4.69, 9.17) is 18.9 Å². The second kappa shape index (κ2) is 7.10. The normalized spacial score (nSPS) is 25.4. The lowest BCUT2D eigenvalue weighted by atomic mass is 10.0. The van der Waals surface area contributed by atoms with E-state index < -0.39 is 11.8 Å². The molecule has 3 fully saturated rings. The van der Waals surface area contributed by atoms with Crippen molar-refractivity contribution in [3.05, 3.63) is 18.2 Å². The highest BCUT2D eigenvalue weighted by atomic mass is 16.7. The van der Waals surface area contributed by atoms with Gasteiger partial charge in [0.2, 0.25) is 5.91 Å². The van der Waals surface area contributed by atoms with Crippen LogP contribution in [0.4, 0.5) is 5.69 Å². The number of carbonyl (C=O) groups excluding carboxylic acids is 2. The topological polar surface area (TPSA) is 77.5 Å². The monoisotopic (exact) mass is 376 g/mol. The number of nitrogens with zero attached hydrogens (tertiary/aromatic N) is 2. The van der Waals surface area contributed by atoms with E-state index in [2.05, 4.69) is 4.90 Å². The number of likely N-dealkylation sites (tertiary alicyclic amines) is 1. The molecule has 8 heteroatoms. The fraction of sp³-hybridized carbons (Fsp3) is 0.579. The second-order valence-corrected chi connectivity index (χ2v) is 6.97. The Hall–Kier alpha value is -2.16. The molecule has 2 amide bonds. The molecule has 0 radical (unpaired) electrons. The number of amides is 2. The highest BCUT2D eigenvalue weighted by molar-refractivity contribution is 6.23. The molecule has 8 nitrogen and oxygen atoms in total. The Morgan fingerprint density at radius 3 is 2.41 bits per heavy atom. The van der Waals surface area contributed by atoms with E-state index in [1.807, 2.05) is 0 Å². The van der Waals surface area contributed by atoms with Gasteiger partial charge >= 0.3 is 0 Å². The lowest BCUT2D eigenvalue weighted by Crippen LogP contribution is -2.51. The summed E-state index contributed by atoms with van der Waals surface area (Å²) in [5.74, 6) is 0.0992. The molecular weight excluding hydrogens is 352 g/mol. The van der Waals surface area contributed by atoms with E-state index in [-0.39, 0.29) is 18.2 Å². The number of anilines is 1. The van der Waals surface area contributed by atoms with Gasteiger partial charge in [-0.05, 0) is 12.1 Å². The number of rotatable bonds is 4. The average molecular weight is 376 g/mol. The van der Waals surface area contributed by atoms with Crippen molar-refractivity contribution in [2.75, 3.05) is 45.4 Å². The summed E-state index contributed by atoms with van der Waals surface area (Å²) in [5, 5.41) is 0. The van der Waals surface area contributed by atoms with Crippen LogP contribution < -0.4 is 14.4 Å². The molecule has 3 heterocycles. The van der Waals surface area contributed by atoms with Crippen LogP contribution in [0.5, 0.6) is 11.5 Å². The molecular formula is C19H24N2O6. The average Bonchev–Trinajstić information content (AvgIpc) is 3.26. The van der Waals surface area contributed by atoms with Gasteiger partial charge in [-0.1, -0.05) is 0 Å². The summed E-state index contributed by atoms with van der Waals surface area (Å²) in [4.78, 5) is 29.0. The van der Waals surface area contributed by atoms with Crippen molar-refractivity contribution in [2.45, 2.75) is 31.1 Å². The van der Waals surface area contributed by atoms with Crippen LogP contribution in [-0.4, -0.2) is 69.1 Å². The summed E-state index contributed by atoms with van der Waals surface area (Å²) >= 11 is 0. The third-order valence-corrected chi connectivity index (χ3v) is 5.56. The van der Waals surface area contributed by atoms with Crippen molar-refractivity contribution in [2.24, 2.45) is 0 Å². The van der Waals surface area contributed by atoms with Crippen LogP contribution in [-0.2, 0) is 19.1 Å². The van der Waals surface area contributed by atoms with Crippen molar-refractivity contribution < 1.29 is 28.5 Å². The van der Waals surface area contributed by atoms with Crippen LogP contribution >= 0.6 is 0 Å². The molecule has 146 valence electrons. The largest absolute Gasteiger partial charge is 0.497 e. The number of hydrogen-bond donors (Lipinski definition) is 0. The summed E-state index contributed by atoms with van der Waals surface area (Å²) in [6, 6.07) is 4.61. The van der Waals surface area contributed by atoms with Gasteiger partial charge in [0, 0.05) is 32.0 Å². The summed E-state index contributed by atoms with van der Waals surface area (Å²) in [5.41, 5.74) is 0.451. The Bertz CT molecular complexity index is 736. The third-order valence-electron chi connectivity index (χ3n) is 5.56. The van der Waals surface area contributed by atoms with Crippen LogP contribution in [0.1, 0.15) is 19.3 Å². The molecule has 3 aliphatic heterocycles. The van der Waals surface area contributed by atoms with Crippen molar-refractivity contribution in [1.82, 2.24) is 4.90 Å². The SMILES string of the molecule is COc1ccc(N2C(=O)C[C@H](N3CCC4(CC3)OCCO4)C2=O)c(OC)c1. The van der Waals surface area contributed by atoms with Gasteiger partial charge < -0.3 is 18.9 Å². The summed E-state index contributed by atoms with van der Waals surface area (Å²) in [6.45, 7) is 2.56. The Balaban J connectivity index is 1.51. The standard InChI is InChI=1S/C19H24N2O6/c1-24-13-3-4-14(16(11-13)25-2)21-17(22)12-15(18(21)23)20-7-5-19(6-8-20)26-9-10-27-19/h3-4,11,15H,5-10,12H2,1-2H3/t15-/m0/s1. The zero-order valence-electron chi connectivity index (χ0n) is 15.6. The van der Waals surface area contributed by atoms with Gasteiger partial charge in [0.25, 0.3) is 5.91 Å². The van der Waals surface area contributed by atoms with Gasteiger partial charge in [-0.25, -0.2) is 4.90 Å². The number of hydrogen-bond acceptors (Lipinski definition) is 7. The number of methoxy groups -OCH3 is 2. The number of piperidine rings is 1. The van der Waals surface area contributed by atoms with Gasteiger partial charge in [0.15, 0.2) is 5.79 Å². The highest BCUT2D eigenvalue weighted by Crippen LogP contribution is 2.38. The molecule has 1 aromatic rings.